The number of aliphatic imine (C=N–C) groups is 2. The lowest BCUT2D eigenvalue weighted by molar-refractivity contribution is -0.117. The van der Waals surface area contributed by atoms with Crippen LogP contribution in [0.2, 0.25) is 0 Å². The molecule has 0 bridgehead atoms. The number of nitrogens with zero attached hydrogens (tertiary/aromatic N) is 3. The van der Waals surface area contributed by atoms with Crippen molar-refractivity contribution in [3.8, 4) is 0 Å². The number of benzodiazepines with no additional fused rings is 1. The third-order valence-corrected chi connectivity index (χ3v) is 4.96. The van der Waals surface area contributed by atoms with Crippen LogP contribution >= 0.6 is 0 Å². The highest BCUT2D eigenvalue weighted by Crippen LogP contribution is 2.24. The quantitative estimate of drug-likeness (QED) is 0.188. The summed E-state index contributed by atoms with van der Waals surface area (Å²) in [7, 11) is 1.50. The number of fused-ring (bicyclic) bond motifs is 1. The fourth-order valence-electron chi connectivity index (χ4n) is 3.31. The molecule has 36 heavy (non-hydrogen) atoms. The molecule has 0 aromatic heterocycles. The van der Waals surface area contributed by atoms with Crippen molar-refractivity contribution < 1.29 is 9.53 Å². The fourth-order valence-corrected chi connectivity index (χ4v) is 3.31. The summed E-state index contributed by atoms with van der Waals surface area (Å²) in [6.07, 6.45) is -1.23. The van der Waals surface area contributed by atoms with Crippen molar-refractivity contribution in [2.24, 2.45) is 26.6 Å². The lowest BCUT2D eigenvalue weighted by atomic mass is 10.0. The third kappa shape index (κ3) is 5.90. The Balaban J connectivity index is 0.00000176. The first-order valence-electron chi connectivity index (χ1n) is 10.7. The highest BCUT2D eigenvalue weighted by molar-refractivity contribution is 6.19. The van der Waals surface area contributed by atoms with Gasteiger partial charge in [-0.2, -0.15) is 4.99 Å². The summed E-state index contributed by atoms with van der Waals surface area (Å²) >= 11 is 0. The van der Waals surface area contributed by atoms with Gasteiger partial charge in [0, 0.05) is 22.3 Å². The molecule has 0 spiro atoms. The SMILES string of the molecule is CN.N=NC(=N)c1ccc(C(=N)O/C(N)=N/C2N=C(c3ccccc3)c3ccccc3NC2=O)cc1. The molecule has 1 unspecified atom stereocenters. The van der Waals surface area contributed by atoms with Crippen molar-refractivity contribution in [3.63, 3.8) is 0 Å². The Labute approximate surface area is 207 Å². The van der Waals surface area contributed by atoms with E-state index in [0.29, 0.717) is 22.5 Å². The molecule has 3 aromatic rings. The molecule has 1 amide bonds. The zero-order valence-corrected chi connectivity index (χ0v) is 19.4. The molecule has 182 valence electrons. The second-order valence-corrected chi connectivity index (χ2v) is 7.19. The average molecular weight is 484 g/mol. The number of benzene rings is 3. The number of carbonyl (C=O) groups is 1. The van der Waals surface area contributed by atoms with E-state index < -0.39 is 18.1 Å². The topological polar surface area (TPSA) is 199 Å². The van der Waals surface area contributed by atoms with E-state index in [4.69, 9.17) is 26.8 Å². The number of nitrogens with one attached hydrogen (secondary N) is 4. The molecule has 11 heteroatoms. The van der Waals surface area contributed by atoms with Gasteiger partial charge in [0.2, 0.25) is 12.1 Å². The molecule has 1 aliphatic heterocycles. The van der Waals surface area contributed by atoms with Crippen molar-refractivity contribution in [1.29, 1.82) is 16.3 Å². The number of rotatable bonds is 4. The number of amides is 1. The van der Waals surface area contributed by atoms with Crippen molar-refractivity contribution in [3.05, 3.63) is 101 Å². The van der Waals surface area contributed by atoms with Crippen LogP contribution in [0.15, 0.2) is 94.0 Å². The second kappa shape index (κ2) is 11.9. The first kappa shape index (κ1) is 25.6. The van der Waals surface area contributed by atoms with E-state index >= 15 is 0 Å². The second-order valence-electron chi connectivity index (χ2n) is 7.19. The summed E-state index contributed by atoms with van der Waals surface area (Å²) in [6, 6.07) is 22.5. The lowest BCUT2D eigenvalue weighted by Gasteiger charge is -2.10. The first-order chi connectivity index (χ1) is 17.5. The molecular formula is C25H25N9O2. The summed E-state index contributed by atoms with van der Waals surface area (Å²) in [5, 5.41) is 21.6. The highest BCUT2D eigenvalue weighted by Gasteiger charge is 2.26. The number of amidine groups is 2. The Morgan fingerprint density at radius 2 is 1.56 bits per heavy atom. The molecule has 4 rings (SSSR count). The standard InChI is InChI=1S/C24H20N8O2.CH5N/c25-20(32-28)15-10-12-16(13-11-15)21(26)34-24(27)31-22-23(33)29-18-9-5-4-8-17(18)19(30-22)14-6-2-1-3-7-14;1-2/h1-13,22,25-26,28H,(H2,27,31)(H,29,33);2H2,1H3. The van der Waals surface area contributed by atoms with Crippen LogP contribution in [0.4, 0.5) is 5.69 Å². The molecule has 3 aromatic carbocycles. The van der Waals surface area contributed by atoms with Gasteiger partial charge in [-0.25, -0.2) is 10.5 Å². The van der Waals surface area contributed by atoms with Gasteiger partial charge in [-0.15, -0.1) is 5.11 Å². The van der Waals surface area contributed by atoms with Gasteiger partial charge in [-0.3, -0.25) is 15.6 Å². The Bertz CT molecular complexity index is 1330. The molecule has 11 nitrogen and oxygen atoms in total. The van der Waals surface area contributed by atoms with Crippen molar-refractivity contribution >= 4 is 35.1 Å². The Hall–Kier alpha value is -5.03. The summed E-state index contributed by atoms with van der Waals surface area (Å²) in [5.74, 6) is -0.988. The smallest absolute Gasteiger partial charge is 0.291 e. The normalized spacial score (nSPS) is 14.6. The fraction of sp³-hybridized carbons (Fsp3) is 0.0800. The number of anilines is 1. The molecule has 0 radical (unpaired) electrons. The molecule has 8 N–H and O–H groups in total. The van der Waals surface area contributed by atoms with E-state index in [9.17, 15) is 4.79 Å². The van der Waals surface area contributed by atoms with Crippen molar-refractivity contribution in [1.82, 2.24) is 0 Å². The maximum atomic E-state index is 12.8. The van der Waals surface area contributed by atoms with Crippen molar-refractivity contribution in [2.75, 3.05) is 12.4 Å². The summed E-state index contributed by atoms with van der Waals surface area (Å²) < 4.78 is 5.32. The number of nitrogens with two attached hydrogens (primary N) is 2. The van der Waals surface area contributed by atoms with E-state index in [0.717, 1.165) is 11.1 Å². The minimum atomic E-state index is -1.23. The molecule has 1 aliphatic rings. The molecule has 0 fully saturated rings. The van der Waals surface area contributed by atoms with Gasteiger partial charge in [0.15, 0.2) is 5.84 Å². The van der Waals surface area contributed by atoms with E-state index in [1.807, 2.05) is 48.5 Å². The minimum Gasteiger partial charge on any atom is -0.407 e. The zero-order valence-electron chi connectivity index (χ0n) is 19.4. The van der Waals surface area contributed by atoms with Gasteiger partial charge in [0.05, 0.1) is 11.4 Å². The third-order valence-electron chi connectivity index (χ3n) is 4.96. The van der Waals surface area contributed by atoms with Crippen LogP contribution in [0.25, 0.3) is 0 Å². The van der Waals surface area contributed by atoms with Crippen LogP contribution in [-0.4, -0.2) is 42.6 Å². The Morgan fingerprint density at radius 3 is 2.22 bits per heavy atom. The monoisotopic (exact) mass is 483 g/mol. The van der Waals surface area contributed by atoms with Gasteiger partial charge < -0.3 is 21.5 Å². The van der Waals surface area contributed by atoms with Crippen LogP contribution in [0.1, 0.15) is 22.3 Å². The molecule has 0 saturated carbocycles. The zero-order chi connectivity index (χ0) is 26.1. The number of para-hydroxylation sites is 1. The number of hydrogen-bond acceptors (Lipinski definition) is 8. The summed E-state index contributed by atoms with van der Waals surface area (Å²) in [5.41, 5.74) is 20.8. The van der Waals surface area contributed by atoms with E-state index in [1.165, 1.54) is 31.3 Å². The lowest BCUT2D eigenvalue weighted by Crippen LogP contribution is -2.29. The molecule has 1 heterocycles. The Kier molecular flexibility index (Phi) is 8.46. The maximum Gasteiger partial charge on any atom is 0.291 e. The van der Waals surface area contributed by atoms with Gasteiger partial charge in [-0.1, -0.05) is 60.7 Å². The van der Waals surface area contributed by atoms with Gasteiger partial charge >= 0.3 is 0 Å². The van der Waals surface area contributed by atoms with Crippen LogP contribution in [0.5, 0.6) is 0 Å². The minimum absolute atomic E-state index is 0.201. The summed E-state index contributed by atoms with van der Waals surface area (Å²) in [4.78, 5) is 21.5. The van der Waals surface area contributed by atoms with Gasteiger partial charge in [0.25, 0.3) is 11.9 Å². The van der Waals surface area contributed by atoms with Crippen LogP contribution in [0, 0.1) is 16.3 Å². The number of carbonyl (C=O) groups excluding carboxylic acids is 1. The maximum absolute atomic E-state index is 12.8. The number of ether oxygens (including phenoxy) is 1. The van der Waals surface area contributed by atoms with Crippen molar-refractivity contribution in [2.45, 2.75) is 6.17 Å². The van der Waals surface area contributed by atoms with Crippen LogP contribution in [0.3, 0.4) is 0 Å². The Morgan fingerprint density at radius 1 is 0.944 bits per heavy atom. The molecular weight excluding hydrogens is 458 g/mol. The molecule has 0 saturated heterocycles. The van der Waals surface area contributed by atoms with Crippen LogP contribution < -0.4 is 16.8 Å². The van der Waals surface area contributed by atoms with E-state index in [1.54, 1.807) is 6.07 Å². The predicted octanol–water partition coefficient (Wildman–Crippen LogP) is 3.09. The predicted molar refractivity (Wildman–Crippen MR) is 139 cm³/mol. The average Bonchev–Trinajstić information content (AvgIpc) is 3.06. The van der Waals surface area contributed by atoms with E-state index in [-0.39, 0.29) is 11.7 Å². The van der Waals surface area contributed by atoms with Gasteiger partial charge in [-0.05, 0) is 25.2 Å². The van der Waals surface area contributed by atoms with Gasteiger partial charge in [0.1, 0.15) is 0 Å². The van der Waals surface area contributed by atoms with E-state index in [2.05, 4.69) is 26.1 Å². The largest absolute Gasteiger partial charge is 0.407 e. The highest BCUT2D eigenvalue weighted by atomic mass is 16.5. The molecule has 0 aliphatic carbocycles. The summed E-state index contributed by atoms with van der Waals surface area (Å²) in [6.45, 7) is 0. The molecule has 1 atom stereocenters. The number of hydrogen-bond donors (Lipinski definition) is 6. The van der Waals surface area contributed by atoms with Crippen LogP contribution in [-0.2, 0) is 9.53 Å². The first-order valence-corrected chi connectivity index (χ1v) is 10.7.